The molecule has 0 saturated heterocycles. The Kier molecular flexibility index (Phi) is 4.03. The van der Waals surface area contributed by atoms with Crippen LogP contribution >= 0.6 is 0 Å². The Morgan fingerprint density at radius 3 is 2.10 bits per heavy atom. The average molecular weight is 270 g/mol. The van der Waals surface area contributed by atoms with Crippen LogP contribution < -0.4 is 4.90 Å². The highest BCUT2D eigenvalue weighted by molar-refractivity contribution is 5.96. The molecule has 0 saturated carbocycles. The van der Waals surface area contributed by atoms with Crippen LogP contribution in [-0.4, -0.2) is 16.7 Å². The number of carbonyl (C=O) groups is 1. The number of ether oxygens (including phenoxy) is 1. The third-order valence-electron chi connectivity index (χ3n) is 2.51. The van der Waals surface area contributed by atoms with Crippen molar-refractivity contribution >= 4 is 17.5 Å². The van der Waals surface area contributed by atoms with Crippen molar-refractivity contribution in [3.05, 3.63) is 54.9 Å². The lowest BCUT2D eigenvalue weighted by atomic mass is 10.2. The molecule has 1 heterocycles. The first-order valence-corrected chi connectivity index (χ1v) is 6.45. The van der Waals surface area contributed by atoms with E-state index in [9.17, 15) is 4.79 Å². The molecule has 104 valence electrons. The van der Waals surface area contributed by atoms with Crippen molar-refractivity contribution in [2.24, 2.45) is 0 Å². The van der Waals surface area contributed by atoms with E-state index in [0.717, 1.165) is 11.4 Å². The van der Waals surface area contributed by atoms with Crippen LogP contribution in [0.4, 0.5) is 16.2 Å². The number of benzene rings is 1. The van der Waals surface area contributed by atoms with Crippen LogP contribution in [0.3, 0.4) is 0 Å². The first-order chi connectivity index (χ1) is 9.47. The minimum absolute atomic E-state index is 0.408. The molecular weight excluding hydrogens is 252 g/mol. The van der Waals surface area contributed by atoms with Crippen molar-refractivity contribution in [3.8, 4) is 0 Å². The monoisotopic (exact) mass is 270 g/mol. The van der Waals surface area contributed by atoms with E-state index in [0.29, 0.717) is 0 Å². The lowest BCUT2D eigenvalue weighted by Gasteiger charge is -2.27. The Morgan fingerprint density at radius 2 is 1.55 bits per heavy atom. The summed E-state index contributed by atoms with van der Waals surface area (Å²) in [6.45, 7) is 5.54. The number of amides is 1. The summed E-state index contributed by atoms with van der Waals surface area (Å²) in [6.07, 6.45) is 2.89. The van der Waals surface area contributed by atoms with Gasteiger partial charge in [0.25, 0.3) is 0 Å². The second-order valence-corrected chi connectivity index (χ2v) is 5.36. The number of pyridine rings is 1. The number of carbonyl (C=O) groups excluding carboxylic acids is 1. The number of nitrogens with zero attached hydrogens (tertiary/aromatic N) is 2. The minimum Gasteiger partial charge on any atom is -0.443 e. The van der Waals surface area contributed by atoms with Crippen molar-refractivity contribution in [1.82, 2.24) is 4.98 Å². The third kappa shape index (κ3) is 3.57. The predicted molar refractivity (Wildman–Crippen MR) is 79.1 cm³/mol. The molecule has 0 bridgehead atoms. The molecule has 0 aliphatic heterocycles. The topological polar surface area (TPSA) is 42.4 Å². The van der Waals surface area contributed by atoms with Crippen molar-refractivity contribution in [2.45, 2.75) is 26.4 Å². The van der Waals surface area contributed by atoms with Crippen LogP contribution in [0.15, 0.2) is 54.9 Å². The molecule has 0 fully saturated rings. The molecule has 1 aromatic carbocycles. The molecule has 0 spiro atoms. The minimum atomic E-state index is -0.544. The average Bonchev–Trinajstić information content (AvgIpc) is 2.39. The summed E-state index contributed by atoms with van der Waals surface area (Å²) in [7, 11) is 0. The molecule has 0 atom stereocenters. The Labute approximate surface area is 119 Å². The van der Waals surface area contributed by atoms with Crippen molar-refractivity contribution in [1.29, 1.82) is 0 Å². The maximum atomic E-state index is 12.4. The summed E-state index contributed by atoms with van der Waals surface area (Å²) in [4.78, 5) is 18.0. The van der Waals surface area contributed by atoms with E-state index in [1.54, 1.807) is 24.5 Å². The number of aromatic nitrogens is 1. The number of para-hydroxylation sites is 1. The van der Waals surface area contributed by atoms with Gasteiger partial charge in [-0.15, -0.1) is 0 Å². The summed E-state index contributed by atoms with van der Waals surface area (Å²) < 4.78 is 5.48. The molecule has 20 heavy (non-hydrogen) atoms. The fourth-order valence-electron chi connectivity index (χ4n) is 1.74. The van der Waals surface area contributed by atoms with Crippen LogP contribution in [0.25, 0.3) is 0 Å². The van der Waals surface area contributed by atoms with Gasteiger partial charge in [-0.2, -0.15) is 0 Å². The van der Waals surface area contributed by atoms with Gasteiger partial charge in [-0.05, 0) is 45.0 Å². The number of hydrogen-bond donors (Lipinski definition) is 0. The largest absolute Gasteiger partial charge is 0.443 e. The molecule has 4 heteroatoms. The lowest BCUT2D eigenvalue weighted by Crippen LogP contribution is -2.33. The summed E-state index contributed by atoms with van der Waals surface area (Å²) >= 11 is 0. The SMILES string of the molecule is CC(C)(C)OC(=O)N(c1ccccc1)c1ccncc1. The molecule has 0 N–H and O–H groups in total. The van der Waals surface area contributed by atoms with Gasteiger partial charge >= 0.3 is 6.09 Å². The molecule has 0 aliphatic rings. The van der Waals surface area contributed by atoms with Crippen LogP contribution in [0.5, 0.6) is 0 Å². The standard InChI is InChI=1S/C16H18N2O2/c1-16(2,3)20-15(19)18(13-7-5-4-6-8-13)14-9-11-17-12-10-14/h4-12H,1-3H3. The van der Waals surface area contributed by atoms with E-state index in [1.807, 2.05) is 51.1 Å². The highest BCUT2D eigenvalue weighted by atomic mass is 16.6. The van der Waals surface area contributed by atoms with E-state index < -0.39 is 11.7 Å². The number of anilines is 2. The van der Waals surface area contributed by atoms with E-state index in [4.69, 9.17) is 4.74 Å². The molecule has 2 aromatic rings. The predicted octanol–water partition coefficient (Wildman–Crippen LogP) is 4.15. The normalized spacial score (nSPS) is 10.9. The molecule has 0 aliphatic carbocycles. The zero-order valence-electron chi connectivity index (χ0n) is 11.9. The van der Waals surface area contributed by atoms with E-state index in [-0.39, 0.29) is 0 Å². The zero-order valence-corrected chi connectivity index (χ0v) is 11.9. The summed E-state index contributed by atoms with van der Waals surface area (Å²) in [6, 6.07) is 13.0. The Hall–Kier alpha value is -2.36. The second kappa shape index (κ2) is 5.74. The van der Waals surface area contributed by atoms with Crippen molar-refractivity contribution in [2.75, 3.05) is 4.90 Å². The fraction of sp³-hybridized carbons (Fsp3) is 0.250. The van der Waals surface area contributed by atoms with Gasteiger partial charge in [0.15, 0.2) is 0 Å². The summed E-state index contributed by atoms with van der Waals surface area (Å²) in [5.74, 6) is 0. The molecule has 4 nitrogen and oxygen atoms in total. The number of hydrogen-bond acceptors (Lipinski definition) is 3. The molecule has 1 amide bonds. The third-order valence-corrected chi connectivity index (χ3v) is 2.51. The van der Waals surface area contributed by atoms with Crippen LogP contribution in [-0.2, 0) is 4.74 Å². The van der Waals surface area contributed by atoms with E-state index >= 15 is 0 Å². The van der Waals surface area contributed by atoms with Crippen LogP contribution in [0.2, 0.25) is 0 Å². The zero-order chi connectivity index (χ0) is 14.6. The van der Waals surface area contributed by atoms with Gasteiger partial charge in [-0.25, -0.2) is 9.69 Å². The Balaban J connectivity index is 2.38. The van der Waals surface area contributed by atoms with E-state index in [1.165, 1.54) is 4.90 Å². The highest BCUT2D eigenvalue weighted by Gasteiger charge is 2.24. The smallest absolute Gasteiger partial charge is 0.419 e. The van der Waals surface area contributed by atoms with E-state index in [2.05, 4.69) is 4.98 Å². The maximum absolute atomic E-state index is 12.4. The van der Waals surface area contributed by atoms with Gasteiger partial charge in [0.05, 0.1) is 11.4 Å². The Bertz CT molecular complexity index is 523. The molecule has 1 aromatic heterocycles. The van der Waals surface area contributed by atoms with Gasteiger partial charge < -0.3 is 4.74 Å². The van der Waals surface area contributed by atoms with Crippen molar-refractivity contribution in [3.63, 3.8) is 0 Å². The first kappa shape index (κ1) is 14.1. The second-order valence-electron chi connectivity index (χ2n) is 5.36. The summed E-state index contributed by atoms with van der Waals surface area (Å²) in [5, 5.41) is 0. The molecule has 0 radical (unpaired) electrons. The van der Waals surface area contributed by atoms with Gasteiger partial charge in [0, 0.05) is 12.4 Å². The van der Waals surface area contributed by atoms with Gasteiger partial charge in [-0.3, -0.25) is 4.98 Å². The van der Waals surface area contributed by atoms with Crippen LogP contribution in [0.1, 0.15) is 20.8 Å². The molecule has 2 rings (SSSR count). The van der Waals surface area contributed by atoms with Crippen molar-refractivity contribution < 1.29 is 9.53 Å². The maximum Gasteiger partial charge on any atom is 0.419 e. The fourth-order valence-corrected chi connectivity index (χ4v) is 1.74. The first-order valence-electron chi connectivity index (χ1n) is 6.45. The lowest BCUT2D eigenvalue weighted by molar-refractivity contribution is 0.0599. The quantitative estimate of drug-likeness (QED) is 0.823. The Morgan fingerprint density at radius 1 is 1.00 bits per heavy atom. The number of rotatable bonds is 2. The van der Waals surface area contributed by atoms with Gasteiger partial charge in [-0.1, -0.05) is 18.2 Å². The van der Waals surface area contributed by atoms with Gasteiger partial charge in [0.1, 0.15) is 5.60 Å². The highest BCUT2D eigenvalue weighted by Crippen LogP contribution is 2.26. The summed E-state index contributed by atoms with van der Waals surface area (Å²) in [5.41, 5.74) is 0.936. The van der Waals surface area contributed by atoms with Crippen LogP contribution in [0, 0.1) is 0 Å². The molecular formula is C16H18N2O2. The molecule has 0 unspecified atom stereocenters. The van der Waals surface area contributed by atoms with Gasteiger partial charge in [0.2, 0.25) is 0 Å².